The molecule has 0 aliphatic carbocycles. The summed E-state index contributed by atoms with van der Waals surface area (Å²) in [6, 6.07) is 4.79. The van der Waals surface area contributed by atoms with E-state index in [0.29, 0.717) is 5.92 Å². The average Bonchev–Trinajstić information content (AvgIpc) is 2.79. The Bertz CT molecular complexity index is 528. The first-order valence-corrected chi connectivity index (χ1v) is 9.10. The van der Waals surface area contributed by atoms with E-state index in [1.54, 1.807) is 6.07 Å². The molecule has 3 N–H and O–H groups in total. The number of benzene rings is 1. The summed E-state index contributed by atoms with van der Waals surface area (Å²) in [7, 11) is -3.63. The Labute approximate surface area is 120 Å². The average molecular weight is 351 g/mol. The van der Waals surface area contributed by atoms with Gasteiger partial charge in [-0.1, -0.05) is 0 Å². The molecule has 1 aromatic carbocycles. The van der Waals surface area contributed by atoms with Crippen molar-refractivity contribution in [3.8, 4) is 0 Å². The minimum Gasteiger partial charge on any atom is -0.384 e. The lowest BCUT2D eigenvalue weighted by Gasteiger charge is -2.13. The summed E-state index contributed by atoms with van der Waals surface area (Å²) in [6.07, 6.45) is 1.24. The van der Waals surface area contributed by atoms with Crippen LogP contribution in [-0.2, 0) is 10.0 Å². The van der Waals surface area contributed by atoms with Gasteiger partial charge < -0.3 is 5.32 Å². The topological polar surface area (TPSA) is 72.2 Å². The molecule has 1 aliphatic rings. The zero-order valence-electron chi connectivity index (χ0n) is 9.73. The number of nitrogens with two attached hydrogens (primary N) is 1. The largest absolute Gasteiger partial charge is 0.384 e. The van der Waals surface area contributed by atoms with Gasteiger partial charge >= 0.3 is 0 Å². The third-order valence-corrected chi connectivity index (χ3v) is 5.67. The molecule has 1 atom stereocenters. The van der Waals surface area contributed by atoms with Crippen molar-refractivity contribution in [2.24, 2.45) is 11.1 Å². The Morgan fingerprint density at radius 2 is 2.28 bits per heavy atom. The maximum absolute atomic E-state index is 11.2. The molecule has 0 bridgehead atoms. The smallest absolute Gasteiger partial charge is 0.238 e. The second-order valence-electron chi connectivity index (χ2n) is 4.30. The fourth-order valence-corrected chi connectivity index (χ4v) is 4.31. The number of anilines is 1. The quantitative estimate of drug-likeness (QED) is 0.873. The van der Waals surface area contributed by atoms with E-state index in [2.05, 4.69) is 21.2 Å². The molecule has 0 radical (unpaired) electrons. The van der Waals surface area contributed by atoms with Crippen LogP contribution in [0.15, 0.2) is 27.6 Å². The van der Waals surface area contributed by atoms with Crippen LogP contribution in [0.1, 0.15) is 6.42 Å². The highest BCUT2D eigenvalue weighted by molar-refractivity contribution is 9.10. The van der Waals surface area contributed by atoms with Crippen LogP contribution in [0.5, 0.6) is 0 Å². The second-order valence-corrected chi connectivity index (χ2v) is 7.86. The summed E-state index contributed by atoms with van der Waals surface area (Å²) in [5, 5.41) is 8.42. The van der Waals surface area contributed by atoms with E-state index in [-0.39, 0.29) is 4.90 Å². The number of primary sulfonamides is 1. The molecule has 0 aromatic heterocycles. The van der Waals surface area contributed by atoms with Crippen LogP contribution >= 0.6 is 27.7 Å². The molecule has 0 amide bonds. The van der Waals surface area contributed by atoms with Crippen LogP contribution in [0.25, 0.3) is 0 Å². The van der Waals surface area contributed by atoms with Crippen molar-refractivity contribution < 1.29 is 8.42 Å². The Morgan fingerprint density at radius 3 is 2.83 bits per heavy atom. The Morgan fingerprint density at radius 1 is 1.50 bits per heavy atom. The SMILES string of the molecule is NS(=O)(=O)c1ccc(NCC2CCSC2)c(Br)c1. The second kappa shape index (κ2) is 5.81. The van der Waals surface area contributed by atoms with E-state index in [1.807, 2.05) is 11.8 Å². The lowest BCUT2D eigenvalue weighted by atomic mass is 10.1. The predicted octanol–water partition coefficient (Wildman–Crippen LogP) is 2.26. The van der Waals surface area contributed by atoms with Gasteiger partial charge in [0, 0.05) is 16.7 Å². The molecule has 0 saturated carbocycles. The molecular formula is C11H15BrN2O2S2. The number of rotatable bonds is 4. The maximum Gasteiger partial charge on any atom is 0.238 e. The van der Waals surface area contributed by atoms with Gasteiger partial charge in [-0.3, -0.25) is 0 Å². The molecule has 1 aliphatic heterocycles. The van der Waals surface area contributed by atoms with Crippen LogP contribution in [-0.4, -0.2) is 26.5 Å². The van der Waals surface area contributed by atoms with Gasteiger partial charge in [0.05, 0.1) is 4.90 Å². The van der Waals surface area contributed by atoms with E-state index in [1.165, 1.54) is 30.1 Å². The zero-order valence-corrected chi connectivity index (χ0v) is 12.9. The molecule has 1 fully saturated rings. The lowest BCUT2D eigenvalue weighted by Crippen LogP contribution is -2.15. The van der Waals surface area contributed by atoms with Gasteiger partial charge in [-0.15, -0.1) is 0 Å². The molecular weight excluding hydrogens is 336 g/mol. The standard InChI is InChI=1S/C11H15BrN2O2S2/c12-10-5-9(18(13,15)16)1-2-11(10)14-6-8-3-4-17-7-8/h1-2,5,8,14H,3-4,6-7H2,(H2,13,15,16). The number of sulfonamides is 1. The van der Waals surface area contributed by atoms with Crippen molar-refractivity contribution in [3.63, 3.8) is 0 Å². The van der Waals surface area contributed by atoms with Gasteiger partial charge in [0.25, 0.3) is 0 Å². The Kier molecular flexibility index (Phi) is 4.58. The van der Waals surface area contributed by atoms with Gasteiger partial charge in [0.2, 0.25) is 10.0 Å². The number of nitrogens with one attached hydrogen (secondary N) is 1. The summed E-state index contributed by atoms with van der Waals surface area (Å²) < 4.78 is 23.1. The Balaban J connectivity index is 2.05. The molecule has 4 nitrogen and oxygen atoms in total. The van der Waals surface area contributed by atoms with Crippen LogP contribution < -0.4 is 10.5 Å². The van der Waals surface area contributed by atoms with E-state index in [0.717, 1.165) is 16.7 Å². The normalized spacial score (nSPS) is 20.0. The monoisotopic (exact) mass is 350 g/mol. The first-order chi connectivity index (χ1) is 8.47. The number of hydrogen-bond donors (Lipinski definition) is 2. The number of hydrogen-bond acceptors (Lipinski definition) is 4. The summed E-state index contributed by atoms with van der Waals surface area (Å²) in [4.78, 5) is 0.122. The van der Waals surface area contributed by atoms with Gasteiger partial charge in [0.15, 0.2) is 0 Å². The van der Waals surface area contributed by atoms with Crippen molar-refractivity contribution >= 4 is 43.4 Å². The Hall–Kier alpha value is -0.240. The van der Waals surface area contributed by atoms with E-state index in [4.69, 9.17) is 5.14 Å². The molecule has 2 rings (SSSR count). The predicted molar refractivity (Wildman–Crippen MR) is 79.4 cm³/mol. The van der Waals surface area contributed by atoms with Gasteiger partial charge in [-0.2, -0.15) is 11.8 Å². The van der Waals surface area contributed by atoms with Crippen molar-refractivity contribution in [1.82, 2.24) is 0 Å². The molecule has 1 aromatic rings. The maximum atomic E-state index is 11.2. The fraction of sp³-hybridized carbons (Fsp3) is 0.455. The van der Waals surface area contributed by atoms with Crippen LogP contribution in [0, 0.1) is 5.92 Å². The van der Waals surface area contributed by atoms with Gasteiger partial charge in [-0.05, 0) is 58.0 Å². The van der Waals surface area contributed by atoms with Gasteiger partial charge in [0.1, 0.15) is 0 Å². The molecule has 100 valence electrons. The number of halogens is 1. The van der Waals surface area contributed by atoms with Crippen LogP contribution in [0.3, 0.4) is 0 Å². The molecule has 0 spiro atoms. The summed E-state index contributed by atoms with van der Waals surface area (Å²) in [6.45, 7) is 0.917. The van der Waals surface area contributed by atoms with Crippen LogP contribution in [0.2, 0.25) is 0 Å². The highest BCUT2D eigenvalue weighted by Gasteiger charge is 2.16. The minimum atomic E-state index is -3.63. The highest BCUT2D eigenvalue weighted by atomic mass is 79.9. The van der Waals surface area contributed by atoms with Crippen molar-refractivity contribution in [2.75, 3.05) is 23.4 Å². The minimum absolute atomic E-state index is 0.122. The highest BCUT2D eigenvalue weighted by Crippen LogP contribution is 2.28. The molecule has 1 heterocycles. The van der Waals surface area contributed by atoms with Crippen molar-refractivity contribution in [2.45, 2.75) is 11.3 Å². The first kappa shape index (κ1) is 14.2. The third kappa shape index (κ3) is 3.63. The van der Waals surface area contributed by atoms with E-state index in [9.17, 15) is 8.42 Å². The molecule has 18 heavy (non-hydrogen) atoms. The summed E-state index contributed by atoms with van der Waals surface area (Å²) >= 11 is 5.34. The first-order valence-electron chi connectivity index (χ1n) is 5.61. The molecule has 1 unspecified atom stereocenters. The fourth-order valence-electron chi connectivity index (χ4n) is 1.81. The van der Waals surface area contributed by atoms with Crippen molar-refractivity contribution in [1.29, 1.82) is 0 Å². The third-order valence-electron chi connectivity index (χ3n) is 2.87. The van der Waals surface area contributed by atoms with Gasteiger partial charge in [-0.25, -0.2) is 13.6 Å². The van der Waals surface area contributed by atoms with E-state index < -0.39 is 10.0 Å². The lowest BCUT2D eigenvalue weighted by molar-refractivity contribution is 0.597. The molecule has 7 heteroatoms. The van der Waals surface area contributed by atoms with Crippen molar-refractivity contribution in [3.05, 3.63) is 22.7 Å². The summed E-state index contributed by atoms with van der Waals surface area (Å²) in [5.74, 6) is 3.12. The zero-order chi connectivity index (χ0) is 13.2. The van der Waals surface area contributed by atoms with E-state index >= 15 is 0 Å². The molecule has 1 saturated heterocycles. The number of thioether (sulfide) groups is 1. The van der Waals surface area contributed by atoms with Crippen LogP contribution in [0.4, 0.5) is 5.69 Å². The summed E-state index contributed by atoms with van der Waals surface area (Å²) in [5.41, 5.74) is 0.902.